The number of hydrogen-bond donors (Lipinski definition) is 0. The van der Waals surface area contributed by atoms with E-state index in [1.807, 2.05) is 58.0 Å². The average Bonchev–Trinajstić information content (AvgIpc) is 3.11. The van der Waals surface area contributed by atoms with E-state index >= 15 is 0 Å². The van der Waals surface area contributed by atoms with Crippen molar-refractivity contribution >= 4 is 44.3 Å². The van der Waals surface area contributed by atoms with Gasteiger partial charge in [-0.15, -0.1) is 0 Å². The molecular formula is C41H54O9. The van der Waals surface area contributed by atoms with Crippen LogP contribution in [0.1, 0.15) is 106 Å². The molecule has 272 valence electrons. The molecule has 0 aliphatic rings. The van der Waals surface area contributed by atoms with E-state index in [1.54, 1.807) is 0 Å². The zero-order chi connectivity index (χ0) is 36.0. The summed E-state index contributed by atoms with van der Waals surface area (Å²) in [5.41, 5.74) is 0. The van der Waals surface area contributed by atoms with E-state index in [1.165, 1.54) is 0 Å². The molecule has 0 amide bonds. The Hall–Kier alpha value is -4.40. The first-order valence-electron chi connectivity index (χ1n) is 18.5. The lowest BCUT2D eigenvalue weighted by atomic mass is 9.92. The third-order valence-corrected chi connectivity index (χ3v) is 7.87. The van der Waals surface area contributed by atoms with Crippen molar-refractivity contribution in [1.29, 1.82) is 0 Å². The maximum absolute atomic E-state index is 13.4. The summed E-state index contributed by atoms with van der Waals surface area (Å²) >= 11 is 0. The van der Waals surface area contributed by atoms with Gasteiger partial charge in [-0.3, -0.25) is 9.59 Å². The van der Waals surface area contributed by atoms with Gasteiger partial charge in [0.15, 0.2) is 34.5 Å². The first kappa shape index (κ1) is 38.4. The van der Waals surface area contributed by atoms with Gasteiger partial charge in [0.05, 0.1) is 33.0 Å². The Balaban J connectivity index is 2.28. The molecular weight excluding hydrogens is 636 g/mol. The molecule has 4 rings (SSSR count). The highest BCUT2D eigenvalue weighted by atomic mass is 16.6. The quantitative estimate of drug-likeness (QED) is 0.0480. The van der Waals surface area contributed by atoms with Crippen LogP contribution in [-0.4, -0.2) is 45.0 Å². The van der Waals surface area contributed by atoms with Crippen LogP contribution in [0.5, 0.6) is 40.2 Å². The first-order valence-corrected chi connectivity index (χ1v) is 18.5. The minimum Gasteiger partial charge on any atom is -0.490 e. The third-order valence-electron chi connectivity index (χ3n) is 7.87. The fraction of sp³-hybridized carbons (Fsp3) is 0.512. The number of ether oxygens (including phenoxy) is 7. The normalized spacial score (nSPS) is 11.2. The average molecular weight is 691 g/mol. The van der Waals surface area contributed by atoms with E-state index in [4.69, 9.17) is 33.2 Å². The smallest absolute Gasteiger partial charge is 0.311 e. The summed E-state index contributed by atoms with van der Waals surface area (Å²) < 4.78 is 43.6. The van der Waals surface area contributed by atoms with Crippen LogP contribution in [0, 0.1) is 0 Å². The zero-order valence-corrected chi connectivity index (χ0v) is 31.0. The summed E-state index contributed by atoms with van der Waals surface area (Å²) in [7, 11) is 0. The van der Waals surface area contributed by atoms with Gasteiger partial charge in [0.1, 0.15) is 0 Å². The molecule has 0 aromatic heterocycles. The van der Waals surface area contributed by atoms with Crippen molar-refractivity contribution in [3.05, 3.63) is 30.3 Å². The Morgan fingerprint density at radius 3 is 1.06 bits per heavy atom. The summed E-state index contributed by atoms with van der Waals surface area (Å²) in [5.74, 6) is 2.08. The second-order valence-electron chi connectivity index (χ2n) is 12.3. The molecule has 0 heterocycles. The van der Waals surface area contributed by atoms with Gasteiger partial charge in [-0.2, -0.15) is 0 Å². The topological polar surface area (TPSA) is 98.8 Å². The number of esters is 2. The van der Waals surface area contributed by atoms with E-state index in [0.29, 0.717) is 80.0 Å². The van der Waals surface area contributed by atoms with Crippen LogP contribution in [0.25, 0.3) is 32.3 Å². The molecule has 4 aromatic rings. The predicted octanol–water partition coefficient (Wildman–Crippen LogP) is 10.5. The Bertz CT molecular complexity index is 1720. The van der Waals surface area contributed by atoms with Crippen molar-refractivity contribution in [1.82, 2.24) is 0 Å². The van der Waals surface area contributed by atoms with Crippen LogP contribution >= 0.6 is 0 Å². The Labute approximate surface area is 296 Å². The molecule has 0 aliphatic heterocycles. The molecule has 0 unspecified atom stereocenters. The number of carbonyl (C=O) groups is 2. The molecule has 0 aliphatic carbocycles. The van der Waals surface area contributed by atoms with Gasteiger partial charge in [-0.25, -0.2) is 0 Å². The van der Waals surface area contributed by atoms with Crippen LogP contribution in [-0.2, 0) is 9.59 Å². The van der Waals surface area contributed by atoms with Gasteiger partial charge in [-0.1, -0.05) is 48.5 Å². The Morgan fingerprint density at radius 1 is 0.400 bits per heavy atom. The minimum atomic E-state index is -0.443. The second kappa shape index (κ2) is 19.1. The number of carbonyl (C=O) groups excluding carboxylic acids is 2. The molecule has 0 atom stereocenters. The van der Waals surface area contributed by atoms with Gasteiger partial charge >= 0.3 is 11.9 Å². The van der Waals surface area contributed by atoms with Crippen LogP contribution in [0.4, 0.5) is 0 Å². The molecule has 0 fully saturated rings. The lowest BCUT2D eigenvalue weighted by Gasteiger charge is -2.22. The van der Waals surface area contributed by atoms with Crippen molar-refractivity contribution < 1.29 is 42.7 Å². The second-order valence-corrected chi connectivity index (χ2v) is 12.3. The number of benzene rings is 4. The number of hydrogen-bond acceptors (Lipinski definition) is 9. The van der Waals surface area contributed by atoms with Gasteiger partial charge in [0.25, 0.3) is 0 Å². The van der Waals surface area contributed by atoms with Gasteiger partial charge in [0.2, 0.25) is 5.75 Å². The summed E-state index contributed by atoms with van der Waals surface area (Å²) in [4.78, 5) is 26.5. The maximum atomic E-state index is 13.4. The SMILES string of the molecule is CCCOc1cc2c3cc(OCCC)c(OCCC)cc3c3c(OC(=O)CCC)c(OC(=O)CCC)c(OCCC)cc3c2cc1OCCC. The van der Waals surface area contributed by atoms with Crippen LogP contribution in [0.15, 0.2) is 30.3 Å². The highest BCUT2D eigenvalue weighted by Crippen LogP contribution is 2.52. The number of fused-ring (bicyclic) bond motifs is 6. The van der Waals surface area contributed by atoms with Crippen LogP contribution in [0.3, 0.4) is 0 Å². The molecule has 50 heavy (non-hydrogen) atoms. The largest absolute Gasteiger partial charge is 0.490 e. The molecule has 4 aromatic carbocycles. The molecule has 9 nitrogen and oxygen atoms in total. The maximum Gasteiger partial charge on any atom is 0.311 e. The minimum absolute atomic E-state index is 0.0854. The van der Waals surface area contributed by atoms with Crippen molar-refractivity contribution in [2.24, 2.45) is 0 Å². The predicted molar refractivity (Wildman–Crippen MR) is 199 cm³/mol. The van der Waals surface area contributed by atoms with E-state index in [-0.39, 0.29) is 24.3 Å². The van der Waals surface area contributed by atoms with Crippen molar-refractivity contribution in [2.45, 2.75) is 106 Å². The van der Waals surface area contributed by atoms with E-state index in [0.717, 1.165) is 59.0 Å². The van der Waals surface area contributed by atoms with E-state index in [2.05, 4.69) is 20.8 Å². The lowest BCUT2D eigenvalue weighted by molar-refractivity contribution is -0.137. The van der Waals surface area contributed by atoms with Crippen LogP contribution in [0.2, 0.25) is 0 Å². The molecule has 0 N–H and O–H groups in total. The fourth-order valence-corrected chi connectivity index (χ4v) is 5.64. The van der Waals surface area contributed by atoms with Gasteiger partial charge < -0.3 is 33.2 Å². The highest BCUT2D eigenvalue weighted by molar-refractivity contribution is 6.28. The molecule has 0 saturated heterocycles. The van der Waals surface area contributed by atoms with Crippen molar-refractivity contribution in [3.63, 3.8) is 0 Å². The molecule has 0 bridgehead atoms. The molecule has 9 heteroatoms. The highest BCUT2D eigenvalue weighted by Gasteiger charge is 2.27. The molecule has 0 radical (unpaired) electrons. The summed E-state index contributed by atoms with van der Waals surface area (Å²) in [5, 5.41) is 4.60. The standard InChI is InChI=1S/C41H54O9/c1-8-15-37(42)49-40-36(48-21-14-7)26-31-29-24-33(45-18-11-4)32(44-17-10-3)22-27(29)28-23-34(46-19-12-5)35(47-20-13-6)25-30(28)39(31)41(40)50-38(43)16-9-2/h22-26H,8-21H2,1-7H3. The fourth-order valence-electron chi connectivity index (χ4n) is 5.64. The summed E-state index contributed by atoms with van der Waals surface area (Å²) in [6.45, 7) is 16.4. The van der Waals surface area contributed by atoms with E-state index < -0.39 is 11.9 Å². The number of rotatable bonds is 21. The summed E-state index contributed by atoms with van der Waals surface area (Å²) in [6, 6.07) is 9.79. The lowest BCUT2D eigenvalue weighted by Crippen LogP contribution is -2.13. The molecule has 0 saturated carbocycles. The van der Waals surface area contributed by atoms with Crippen LogP contribution < -0.4 is 33.2 Å². The van der Waals surface area contributed by atoms with E-state index in [9.17, 15) is 9.59 Å². The van der Waals surface area contributed by atoms with Crippen molar-refractivity contribution in [2.75, 3.05) is 33.0 Å². The summed E-state index contributed by atoms with van der Waals surface area (Å²) in [6.07, 6.45) is 5.55. The monoisotopic (exact) mass is 690 g/mol. The Morgan fingerprint density at radius 2 is 0.700 bits per heavy atom. The van der Waals surface area contributed by atoms with Crippen molar-refractivity contribution in [3.8, 4) is 40.2 Å². The zero-order valence-electron chi connectivity index (χ0n) is 31.0. The van der Waals surface area contributed by atoms with Gasteiger partial charge in [0, 0.05) is 18.2 Å². The third kappa shape index (κ3) is 9.03. The van der Waals surface area contributed by atoms with Gasteiger partial charge in [-0.05, 0) is 102 Å². The molecule has 0 spiro atoms. The Kier molecular flexibility index (Phi) is 14.7. The first-order chi connectivity index (χ1) is 24.3.